The molecule has 136 valence electrons. The Labute approximate surface area is 148 Å². The third kappa shape index (κ3) is 3.77. The minimum absolute atomic E-state index is 0.0712. The number of nitrogens with zero attached hydrogens (tertiary/aromatic N) is 1. The second-order valence-corrected chi connectivity index (χ2v) is 5.99. The van der Waals surface area contributed by atoms with Gasteiger partial charge in [-0.1, -0.05) is 6.42 Å². The van der Waals surface area contributed by atoms with Gasteiger partial charge in [0.15, 0.2) is 11.5 Å². The number of ether oxygens (including phenoxy) is 2. The van der Waals surface area contributed by atoms with E-state index >= 15 is 0 Å². The molecule has 26 heavy (non-hydrogen) atoms. The Hall–Kier alpha value is -3.08. The van der Waals surface area contributed by atoms with E-state index in [1.54, 1.807) is 12.3 Å². The molecule has 1 aliphatic rings. The normalized spacial score (nSPS) is 14.2. The molecule has 0 spiro atoms. The number of hydrogen-bond donors (Lipinski definition) is 2. The summed E-state index contributed by atoms with van der Waals surface area (Å²) in [6.45, 7) is 0. The molecular formula is C18H16F2N2O4. The summed E-state index contributed by atoms with van der Waals surface area (Å²) in [5.41, 5.74) is 1.88. The molecule has 0 aliphatic carbocycles. The lowest BCUT2D eigenvalue weighted by atomic mass is 9.98. The average Bonchev–Trinajstić information content (AvgIpc) is 3.15. The zero-order chi connectivity index (χ0) is 18.7. The molecule has 6 nitrogen and oxygen atoms in total. The van der Waals surface area contributed by atoms with Crippen LogP contribution in [-0.4, -0.2) is 22.4 Å². The maximum atomic E-state index is 13.5. The number of halogens is 2. The van der Waals surface area contributed by atoms with Crippen LogP contribution in [0.4, 0.5) is 8.78 Å². The summed E-state index contributed by atoms with van der Waals surface area (Å²) in [6, 6.07) is 5.20. The number of aryl methyl sites for hydroxylation is 1. The third-order valence-corrected chi connectivity index (χ3v) is 4.08. The zero-order valence-electron chi connectivity index (χ0n) is 13.7. The molecule has 2 heterocycles. The van der Waals surface area contributed by atoms with E-state index in [0.717, 1.165) is 5.56 Å². The number of aliphatic carboxylic acids is 1. The SMILES string of the molecule is N#Cc1c[nH]cc1-c1cc(CCCCCC(=O)O)cc2c1OC(F)(F)O2. The summed E-state index contributed by atoms with van der Waals surface area (Å²) in [5, 5.41) is 17.8. The van der Waals surface area contributed by atoms with Gasteiger partial charge in [0.05, 0.1) is 5.56 Å². The van der Waals surface area contributed by atoms with E-state index in [2.05, 4.69) is 14.5 Å². The number of carboxylic acid groups (broad SMARTS) is 1. The van der Waals surface area contributed by atoms with Crippen LogP contribution < -0.4 is 9.47 Å². The lowest BCUT2D eigenvalue weighted by molar-refractivity contribution is -0.286. The van der Waals surface area contributed by atoms with Crippen LogP contribution in [0, 0.1) is 11.3 Å². The number of hydrogen-bond acceptors (Lipinski definition) is 4. The first kappa shape index (κ1) is 17.7. The van der Waals surface area contributed by atoms with E-state index in [-0.39, 0.29) is 17.9 Å². The number of aromatic amines is 1. The van der Waals surface area contributed by atoms with Gasteiger partial charge in [-0.15, -0.1) is 8.78 Å². The van der Waals surface area contributed by atoms with Crippen molar-refractivity contribution in [2.24, 2.45) is 0 Å². The van der Waals surface area contributed by atoms with Crippen molar-refractivity contribution in [3.05, 3.63) is 35.7 Å². The first-order valence-corrected chi connectivity index (χ1v) is 8.11. The van der Waals surface area contributed by atoms with Gasteiger partial charge in [-0.05, 0) is 37.0 Å². The number of benzene rings is 1. The lowest BCUT2D eigenvalue weighted by Crippen LogP contribution is -2.26. The molecule has 0 unspecified atom stereocenters. The molecule has 1 aliphatic heterocycles. The molecular weight excluding hydrogens is 346 g/mol. The van der Waals surface area contributed by atoms with Crippen molar-refractivity contribution < 1.29 is 28.2 Å². The smallest absolute Gasteiger partial charge is 0.481 e. The summed E-state index contributed by atoms with van der Waals surface area (Å²) in [7, 11) is 0. The first-order chi connectivity index (χ1) is 12.4. The van der Waals surface area contributed by atoms with Gasteiger partial charge in [-0.2, -0.15) is 5.26 Å². The van der Waals surface area contributed by atoms with E-state index in [9.17, 15) is 18.8 Å². The van der Waals surface area contributed by atoms with Gasteiger partial charge in [0, 0.05) is 29.9 Å². The van der Waals surface area contributed by atoms with Crippen molar-refractivity contribution in [1.29, 1.82) is 5.26 Å². The largest absolute Gasteiger partial charge is 0.586 e. The van der Waals surface area contributed by atoms with Crippen molar-refractivity contribution in [2.75, 3.05) is 0 Å². The molecule has 2 N–H and O–H groups in total. The fourth-order valence-electron chi connectivity index (χ4n) is 2.91. The first-order valence-electron chi connectivity index (χ1n) is 8.11. The number of H-pyrrole nitrogens is 1. The van der Waals surface area contributed by atoms with Crippen LogP contribution in [0.25, 0.3) is 11.1 Å². The van der Waals surface area contributed by atoms with Crippen molar-refractivity contribution in [1.82, 2.24) is 4.98 Å². The lowest BCUT2D eigenvalue weighted by Gasteiger charge is -2.09. The van der Waals surface area contributed by atoms with Crippen LogP contribution in [0.15, 0.2) is 24.5 Å². The van der Waals surface area contributed by atoms with Gasteiger partial charge in [0.1, 0.15) is 6.07 Å². The van der Waals surface area contributed by atoms with Crippen molar-refractivity contribution in [3.8, 4) is 28.7 Å². The summed E-state index contributed by atoms with van der Waals surface area (Å²) < 4.78 is 36.3. The highest BCUT2D eigenvalue weighted by molar-refractivity contribution is 5.79. The Morgan fingerprint density at radius 2 is 2.00 bits per heavy atom. The Morgan fingerprint density at radius 1 is 1.19 bits per heavy atom. The highest BCUT2D eigenvalue weighted by atomic mass is 19.3. The Kier molecular flexibility index (Phi) is 4.80. The maximum absolute atomic E-state index is 13.5. The number of aromatic nitrogens is 1. The van der Waals surface area contributed by atoms with Crippen LogP contribution in [-0.2, 0) is 11.2 Å². The van der Waals surface area contributed by atoms with Crippen LogP contribution in [0.5, 0.6) is 11.5 Å². The summed E-state index contributed by atoms with van der Waals surface area (Å²) in [4.78, 5) is 13.3. The standard InChI is InChI=1S/C18H16F2N2O4/c19-18(20)25-15-7-11(4-2-1-3-5-16(23)24)6-13(17(15)26-18)14-10-22-9-12(14)8-21/h6-7,9-10,22H,1-5H2,(H,23,24). The van der Waals surface area contributed by atoms with Gasteiger partial charge in [-0.3, -0.25) is 4.79 Å². The van der Waals surface area contributed by atoms with Gasteiger partial charge in [-0.25, -0.2) is 0 Å². The second kappa shape index (κ2) is 7.04. The fraction of sp³-hybridized carbons (Fsp3) is 0.333. The van der Waals surface area contributed by atoms with E-state index < -0.39 is 12.3 Å². The highest BCUT2D eigenvalue weighted by Gasteiger charge is 2.45. The quantitative estimate of drug-likeness (QED) is 0.724. The number of carbonyl (C=O) groups is 1. The minimum Gasteiger partial charge on any atom is -0.481 e. The van der Waals surface area contributed by atoms with Gasteiger partial charge in [0.2, 0.25) is 0 Å². The van der Waals surface area contributed by atoms with Crippen LogP contribution in [0.3, 0.4) is 0 Å². The van der Waals surface area contributed by atoms with Crippen molar-refractivity contribution in [3.63, 3.8) is 0 Å². The zero-order valence-corrected chi connectivity index (χ0v) is 13.7. The summed E-state index contributed by atoms with van der Waals surface area (Å²) in [6.07, 6.45) is 1.93. The molecule has 0 bridgehead atoms. The number of fused-ring (bicyclic) bond motifs is 1. The number of nitriles is 1. The molecule has 0 radical (unpaired) electrons. The van der Waals surface area contributed by atoms with Crippen molar-refractivity contribution >= 4 is 5.97 Å². The van der Waals surface area contributed by atoms with Crippen LogP contribution >= 0.6 is 0 Å². The number of nitrogens with one attached hydrogen (secondary N) is 1. The Morgan fingerprint density at radius 3 is 2.73 bits per heavy atom. The minimum atomic E-state index is -3.75. The predicted octanol–water partition coefficient (Wildman–Crippen LogP) is 4.06. The second-order valence-electron chi connectivity index (χ2n) is 5.99. The number of carboxylic acids is 1. The monoisotopic (exact) mass is 362 g/mol. The molecule has 2 aromatic rings. The Bertz CT molecular complexity index is 871. The van der Waals surface area contributed by atoms with Gasteiger partial charge < -0.3 is 19.6 Å². The van der Waals surface area contributed by atoms with Crippen molar-refractivity contribution in [2.45, 2.75) is 38.4 Å². The molecule has 3 rings (SSSR count). The van der Waals surface area contributed by atoms with E-state index in [0.29, 0.717) is 42.4 Å². The maximum Gasteiger partial charge on any atom is 0.586 e. The molecule has 0 saturated heterocycles. The Balaban J connectivity index is 1.86. The summed E-state index contributed by atoms with van der Waals surface area (Å²) >= 11 is 0. The molecule has 8 heteroatoms. The number of unbranched alkanes of at least 4 members (excludes halogenated alkanes) is 2. The molecule has 0 fully saturated rings. The van der Waals surface area contributed by atoms with Crippen LogP contribution in [0.2, 0.25) is 0 Å². The van der Waals surface area contributed by atoms with Crippen LogP contribution in [0.1, 0.15) is 36.8 Å². The topological polar surface area (TPSA) is 95.3 Å². The fourth-order valence-corrected chi connectivity index (χ4v) is 2.91. The van der Waals surface area contributed by atoms with Gasteiger partial charge >= 0.3 is 12.3 Å². The number of rotatable bonds is 7. The van der Waals surface area contributed by atoms with Gasteiger partial charge in [0.25, 0.3) is 0 Å². The molecule has 0 atom stereocenters. The highest BCUT2D eigenvalue weighted by Crippen LogP contribution is 2.48. The molecule has 0 amide bonds. The molecule has 1 aromatic heterocycles. The van der Waals surface area contributed by atoms with E-state index in [1.165, 1.54) is 12.3 Å². The number of alkyl halides is 2. The third-order valence-electron chi connectivity index (χ3n) is 4.08. The van der Waals surface area contributed by atoms with E-state index in [1.807, 2.05) is 6.07 Å². The van der Waals surface area contributed by atoms with E-state index in [4.69, 9.17) is 5.11 Å². The summed E-state index contributed by atoms with van der Waals surface area (Å²) in [5.74, 6) is -1.01. The predicted molar refractivity (Wildman–Crippen MR) is 87.0 cm³/mol. The average molecular weight is 362 g/mol. The molecule has 0 saturated carbocycles. The molecule has 1 aromatic carbocycles.